The van der Waals surface area contributed by atoms with Gasteiger partial charge in [0.05, 0.1) is 11.2 Å². The Morgan fingerprint density at radius 2 is 2.29 bits per heavy atom. The van der Waals surface area contributed by atoms with E-state index >= 15 is 0 Å². The van der Waals surface area contributed by atoms with Crippen molar-refractivity contribution >= 4 is 23.2 Å². The molecule has 1 N–H and O–H groups in total. The van der Waals surface area contributed by atoms with Gasteiger partial charge >= 0.3 is 0 Å². The van der Waals surface area contributed by atoms with Crippen LogP contribution in [-0.4, -0.2) is 18.1 Å². The predicted molar refractivity (Wildman–Crippen MR) is 77.3 cm³/mol. The van der Waals surface area contributed by atoms with Gasteiger partial charge in [-0.05, 0) is 25.1 Å². The third-order valence-corrected chi connectivity index (χ3v) is 4.12. The maximum atomic E-state index is 13.8. The van der Waals surface area contributed by atoms with Gasteiger partial charge in [0.2, 0.25) is 5.89 Å². The second kappa shape index (κ2) is 6.22. The topological polar surface area (TPSA) is 47.3 Å². The van der Waals surface area contributed by atoms with E-state index in [4.69, 9.17) is 32.4 Å². The Labute approximate surface area is 131 Å². The second-order valence-corrected chi connectivity index (χ2v) is 5.62. The smallest absolute Gasteiger partial charge is 0.235 e. The van der Waals surface area contributed by atoms with Gasteiger partial charge in [-0.25, -0.2) is 9.37 Å². The minimum absolute atomic E-state index is 0.0393. The quantitative estimate of drug-likeness (QED) is 0.865. The van der Waals surface area contributed by atoms with Gasteiger partial charge in [-0.15, -0.1) is 0 Å². The molecule has 7 heteroatoms. The minimum atomic E-state index is -0.688. The zero-order valence-electron chi connectivity index (χ0n) is 11.0. The number of aromatic nitrogens is 1. The van der Waals surface area contributed by atoms with E-state index in [1.54, 1.807) is 12.3 Å². The summed E-state index contributed by atoms with van der Waals surface area (Å²) in [6.07, 6.45) is 3.53. The van der Waals surface area contributed by atoms with E-state index < -0.39 is 11.9 Å². The van der Waals surface area contributed by atoms with Crippen LogP contribution in [-0.2, 0) is 0 Å². The number of rotatable bonds is 4. The zero-order valence-corrected chi connectivity index (χ0v) is 12.5. The zero-order chi connectivity index (χ0) is 14.8. The van der Waals surface area contributed by atoms with E-state index in [1.807, 2.05) is 0 Å². The molecule has 0 amide bonds. The molecule has 1 aromatic carbocycles. The lowest BCUT2D eigenvalue weighted by Crippen LogP contribution is -2.22. The highest BCUT2D eigenvalue weighted by Crippen LogP contribution is 2.37. The Morgan fingerprint density at radius 3 is 2.95 bits per heavy atom. The van der Waals surface area contributed by atoms with Crippen LogP contribution >= 0.6 is 23.2 Å². The summed E-state index contributed by atoms with van der Waals surface area (Å²) in [4.78, 5) is 4.14. The molecule has 0 aliphatic carbocycles. The van der Waals surface area contributed by atoms with Crippen LogP contribution in [0.1, 0.15) is 18.4 Å². The maximum absolute atomic E-state index is 13.8. The molecule has 0 spiro atoms. The molecule has 0 saturated carbocycles. The van der Waals surface area contributed by atoms with Crippen molar-refractivity contribution in [2.45, 2.75) is 12.5 Å². The van der Waals surface area contributed by atoms with Crippen LogP contribution in [0.3, 0.4) is 0 Å². The van der Waals surface area contributed by atoms with E-state index in [9.17, 15) is 4.39 Å². The molecule has 0 unspecified atom stereocenters. The first kappa shape index (κ1) is 14.6. The van der Waals surface area contributed by atoms with Crippen LogP contribution < -0.4 is 10.1 Å². The lowest BCUT2D eigenvalue weighted by Gasteiger charge is -2.22. The summed E-state index contributed by atoms with van der Waals surface area (Å²) in [7, 11) is 0. The molecule has 21 heavy (non-hydrogen) atoms. The summed E-state index contributed by atoms with van der Waals surface area (Å²) in [5.74, 6) is 0.175. The molecule has 0 bridgehead atoms. The predicted octanol–water partition coefficient (Wildman–Crippen LogP) is 3.85. The van der Waals surface area contributed by atoms with Gasteiger partial charge in [0.15, 0.2) is 11.9 Å². The van der Waals surface area contributed by atoms with Crippen LogP contribution in [0.5, 0.6) is 5.75 Å². The molecule has 1 saturated heterocycles. The van der Waals surface area contributed by atoms with Gasteiger partial charge in [-0.1, -0.05) is 23.2 Å². The van der Waals surface area contributed by atoms with E-state index in [0.29, 0.717) is 5.89 Å². The minimum Gasteiger partial charge on any atom is -0.479 e. The van der Waals surface area contributed by atoms with Crippen molar-refractivity contribution in [1.29, 1.82) is 0 Å². The highest BCUT2D eigenvalue weighted by atomic mass is 35.5. The lowest BCUT2D eigenvalue weighted by atomic mass is 10.0. The second-order valence-electron chi connectivity index (χ2n) is 4.84. The standard InChI is InChI=1S/C14H13Cl2FN2O2/c15-9-1-2-10(11(16)12(9)17)21-13(8-3-4-18-7-8)14-19-5-6-20-14/h1-2,5-6,8,13,18H,3-4,7H2/t8-,13+/m0/s1. The van der Waals surface area contributed by atoms with Gasteiger partial charge in [0.1, 0.15) is 17.0 Å². The van der Waals surface area contributed by atoms with Crippen LogP contribution in [0.2, 0.25) is 10.0 Å². The van der Waals surface area contributed by atoms with Gasteiger partial charge in [-0.3, -0.25) is 0 Å². The molecular weight excluding hydrogens is 318 g/mol. The van der Waals surface area contributed by atoms with Crippen molar-refractivity contribution in [2.75, 3.05) is 13.1 Å². The third-order valence-electron chi connectivity index (χ3n) is 3.48. The lowest BCUT2D eigenvalue weighted by molar-refractivity contribution is 0.114. The summed E-state index contributed by atoms with van der Waals surface area (Å²) in [5, 5.41) is 3.08. The first-order chi connectivity index (χ1) is 10.2. The van der Waals surface area contributed by atoms with Crippen molar-refractivity contribution in [3.8, 4) is 5.75 Å². The molecule has 1 aliphatic rings. The van der Waals surface area contributed by atoms with Crippen molar-refractivity contribution < 1.29 is 13.5 Å². The van der Waals surface area contributed by atoms with Crippen LogP contribution in [0.4, 0.5) is 4.39 Å². The highest BCUT2D eigenvalue weighted by molar-refractivity contribution is 6.35. The highest BCUT2D eigenvalue weighted by Gasteiger charge is 2.32. The molecule has 2 heterocycles. The summed E-state index contributed by atoms with van der Waals surface area (Å²) in [6, 6.07) is 2.96. The van der Waals surface area contributed by atoms with Crippen molar-refractivity contribution in [3.63, 3.8) is 0 Å². The molecule has 2 atom stereocenters. The van der Waals surface area contributed by atoms with Gasteiger partial charge in [0, 0.05) is 12.5 Å². The van der Waals surface area contributed by atoms with Crippen LogP contribution in [0.25, 0.3) is 0 Å². The molecule has 0 radical (unpaired) electrons. The molecule has 2 aromatic rings. The number of nitrogens with one attached hydrogen (secondary N) is 1. The summed E-state index contributed by atoms with van der Waals surface area (Å²) >= 11 is 11.7. The number of nitrogens with zero attached hydrogens (tertiary/aromatic N) is 1. The van der Waals surface area contributed by atoms with Gasteiger partial charge in [-0.2, -0.15) is 0 Å². The van der Waals surface area contributed by atoms with Crippen molar-refractivity contribution in [1.82, 2.24) is 10.3 Å². The van der Waals surface area contributed by atoms with Crippen LogP contribution in [0, 0.1) is 11.7 Å². The Kier molecular flexibility index (Phi) is 4.33. The number of hydrogen-bond acceptors (Lipinski definition) is 4. The summed E-state index contributed by atoms with van der Waals surface area (Å²) in [6.45, 7) is 1.68. The van der Waals surface area contributed by atoms with Crippen molar-refractivity contribution in [3.05, 3.63) is 46.3 Å². The molecule has 112 valence electrons. The first-order valence-electron chi connectivity index (χ1n) is 6.57. The molecule has 4 nitrogen and oxygen atoms in total. The number of halogens is 3. The monoisotopic (exact) mass is 330 g/mol. The Hall–Kier alpha value is -1.30. The molecule has 1 fully saturated rings. The fourth-order valence-electron chi connectivity index (χ4n) is 2.39. The average molecular weight is 331 g/mol. The average Bonchev–Trinajstić information content (AvgIpc) is 3.17. The van der Waals surface area contributed by atoms with E-state index in [1.165, 1.54) is 12.3 Å². The number of hydrogen-bond donors (Lipinski definition) is 1. The first-order valence-corrected chi connectivity index (χ1v) is 7.32. The molecule has 1 aliphatic heterocycles. The Morgan fingerprint density at radius 1 is 1.43 bits per heavy atom. The Balaban J connectivity index is 1.90. The van der Waals surface area contributed by atoms with Crippen molar-refractivity contribution in [2.24, 2.45) is 5.92 Å². The number of oxazole rings is 1. The van der Waals surface area contributed by atoms with Gasteiger partial charge in [0.25, 0.3) is 0 Å². The van der Waals surface area contributed by atoms with Gasteiger partial charge < -0.3 is 14.5 Å². The Bertz CT molecular complexity index is 616. The summed E-state index contributed by atoms with van der Waals surface area (Å²) < 4.78 is 25.0. The van der Waals surface area contributed by atoms with Crippen LogP contribution in [0.15, 0.2) is 29.0 Å². The third kappa shape index (κ3) is 3.00. The molecular formula is C14H13Cl2FN2O2. The fraction of sp³-hybridized carbons (Fsp3) is 0.357. The summed E-state index contributed by atoms with van der Waals surface area (Å²) in [5.41, 5.74) is 0. The largest absolute Gasteiger partial charge is 0.479 e. The number of ether oxygens (including phenoxy) is 1. The number of benzene rings is 1. The SMILES string of the molecule is Fc1c(Cl)ccc(O[C@@H](c2ncco2)[C@H]2CCNC2)c1Cl. The van der Waals surface area contributed by atoms with E-state index in [2.05, 4.69) is 10.3 Å². The maximum Gasteiger partial charge on any atom is 0.235 e. The molecule has 3 rings (SSSR count). The normalized spacial score (nSPS) is 19.7. The van der Waals surface area contributed by atoms with E-state index in [-0.39, 0.29) is 21.7 Å². The fourth-order valence-corrected chi connectivity index (χ4v) is 2.81. The molecule has 1 aromatic heterocycles. The van der Waals surface area contributed by atoms with E-state index in [0.717, 1.165) is 19.5 Å².